The van der Waals surface area contributed by atoms with Gasteiger partial charge in [0.05, 0.1) is 25.2 Å². The molecule has 0 rings (SSSR count). The Morgan fingerprint density at radius 3 is 1.33 bits per heavy atom. The standard InChI is InChI=1S/C54H99NO5/c1-4-7-10-13-16-19-22-25-26-27-29-30-33-36-39-42-45-50(60-54(59)47-44-41-38-35-32-28-23-20-17-14-11-8-5-2)48-53(58)55-51(49-56)52(57)46-43-40-37-34-31-24-21-18-15-12-9-6-3/h22,25-30,32,50-52,56-57H,4-21,23-24,31,33-49H2,1-3H3,(H,55,58)/b25-22+,27-26+,30-29+,32-28-. The molecule has 0 aliphatic carbocycles. The number of nitrogens with one attached hydrogen (secondary N) is 1. The Kier molecular flexibility index (Phi) is 46.1. The number of esters is 1. The van der Waals surface area contributed by atoms with E-state index in [0.29, 0.717) is 19.3 Å². The summed E-state index contributed by atoms with van der Waals surface area (Å²) in [5.41, 5.74) is 0. The monoisotopic (exact) mass is 842 g/mol. The molecule has 3 N–H and O–H groups in total. The summed E-state index contributed by atoms with van der Waals surface area (Å²) in [6.45, 7) is 6.45. The van der Waals surface area contributed by atoms with Crippen LogP contribution in [-0.2, 0) is 14.3 Å². The Morgan fingerprint density at radius 1 is 0.483 bits per heavy atom. The molecule has 0 saturated carbocycles. The minimum atomic E-state index is -0.798. The first-order chi connectivity index (χ1) is 29.5. The van der Waals surface area contributed by atoms with E-state index in [1.54, 1.807) is 0 Å². The van der Waals surface area contributed by atoms with Crippen molar-refractivity contribution >= 4 is 11.9 Å². The fourth-order valence-corrected chi connectivity index (χ4v) is 7.72. The highest BCUT2D eigenvalue weighted by molar-refractivity contribution is 5.77. The van der Waals surface area contributed by atoms with E-state index >= 15 is 0 Å². The van der Waals surface area contributed by atoms with Crippen molar-refractivity contribution in [1.82, 2.24) is 5.32 Å². The molecule has 6 nitrogen and oxygen atoms in total. The van der Waals surface area contributed by atoms with E-state index in [-0.39, 0.29) is 24.9 Å². The maximum absolute atomic E-state index is 13.2. The smallest absolute Gasteiger partial charge is 0.306 e. The highest BCUT2D eigenvalue weighted by atomic mass is 16.5. The lowest BCUT2D eigenvalue weighted by Crippen LogP contribution is -2.46. The van der Waals surface area contributed by atoms with Crippen LogP contribution in [0.25, 0.3) is 0 Å². The first kappa shape index (κ1) is 57.8. The van der Waals surface area contributed by atoms with Gasteiger partial charge in [0.15, 0.2) is 0 Å². The van der Waals surface area contributed by atoms with Crippen molar-refractivity contribution < 1.29 is 24.5 Å². The number of amides is 1. The van der Waals surface area contributed by atoms with Gasteiger partial charge in [-0.2, -0.15) is 0 Å². The number of carbonyl (C=O) groups excluding carboxylic acids is 2. The molecule has 3 unspecified atom stereocenters. The van der Waals surface area contributed by atoms with Crippen LogP contribution in [0.3, 0.4) is 0 Å². The van der Waals surface area contributed by atoms with Crippen molar-refractivity contribution in [3.8, 4) is 0 Å². The number of aliphatic hydroxyl groups is 2. The number of ether oxygens (including phenoxy) is 1. The van der Waals surface area contributed by atoms with Crippen LogP contribution in [0.4, 0.5) is 0 Å². The molecule has 0 radical (unpaired) electrons. The van der Waals surface area contributed by atoms with Gasteiger partial charge in [-0.25, -0.2) is 0 Å². The summed E-state index contributed by atoms with van der Waals surface area (Å²) in [5, 5.41) is 23.7. The van der Waals surface area contributed by atoms with Crippen LogP contribution in [0, 0.1) is 0 Å². The normalized spacial score (nSPS) is 13.6. The van der Waals surface area contributed by atoms with Gasteiger partial charge in [-0.05, 0) is 77.0 Å². The molecule has 0 spiro atoms. The lowest BCUT2D eigenvalue weighted by atomic mass is 10.0. The molecule has 0 aromatic heterocycles. The van der Waals surface area contributed by atoms with Gasteiger partial charge in [0, 0.05) is 6.42 Å². The van der Waals surface area contributed by atoms with Crippen molar-refractivity contribution in [2.75, 3.05) is 6.61 Å². The van der Waals surface area contributed by atoms with Gasteiger partial charge in [-0.3, -0.25) is 9.59 Å². The first-order valence-corrected chi connectivity index (χ1v) is 25.9. The number of carbonyl (C=O) groups is 2. The molecular formula is C54H99NO5. The predicted molar refractivity (Wildman–Crippen MR) is 259 cm³/mol. The molecule has 0 fully saturated rings. The molecule has 350 valence electrons. The first-order valence-electron chi connectivity index (χ1n) is 25.9. The van der Waals surface area contributed by atoms with E-state index in [2.05, 4.69) is 74.7 Å². The number of hydrogen-bond acceptors (Lipinski definition) is 5. The molecule has 0 aromatic rings. The van der Waals surface area contributed by atoms with Gasteiger partial charge in [-0.1, -0.05) is 217 Å². The van der Waals surface area contributed by atoms with Gasteiger partial charge in [0.2, 0.25) is 5.91 Å². The van der Waals surface area contributed by atoms with E-state index in [1.807, 2.05) is 0 Å². The number of hydrogen-bond donors (Lipinski definition) is 3. The van der Waals surface area contributed by atoms with Crippen LogP contribution in [0.2, 0.25) is 0 Å². The predicted octanol–water partition coefficient (Wildman–Crippen LogP) is 15.5. The van der Waals surface area contributed by atoms with E-state index in [0.717, 1.165) is 83.5 Å². The maximum Gasteiger partial charge on any atom is 0.306 e. The van der Waals surface area contributed by atoms with E-state index in [4.69, 9.17) is 4.74 Å². The van der Waals surface area contributed by atoms with Crippen LogP contribution < -0.4 is 5.32 Å². The van der Waals surface area contributed by atoms with Gasteiger partial charge in [-0.15, -0.1) is 0 Å². The molecule has 6 heteroatoms. The van der Waals surface area contributed by atoms with Crippen LogP contribution in [0.5, 0.6) is 0 Å². The zero-order valence-electron chi connectivity index (χ0n) is 39.8. The minimum absolute atomic E-state index is 0.0495. The summed E-state index contributed by atoms with van der Waals surface area (Å²) in [6, 6.07) is -0.715. The lowest BCUT2D eigenvalue weighted by molar-refractivity contribution is -0.151. The Hall–Kier alpha value is -2.18. The summed E-state index contributed by atoms with van der Waals surface area (Å²) in [4.78, 5) is 26.1. The molecule has 0 heterocycles. The van der Waals surface area contributed by atoms with Gasteiger partial charge in [0.1, 0.15) is 6.10 Å². The van der Waals surface area contributed by atoms with E-state index in [9.17, 15) is 19.8 Å². The van der Waals surface area contributed by atoms with E-state index in [1.165, 1.54) is 128 Å². The highest BCUT2D eigenvalue weighted by Crippen LogP contribution is 2.17. The van der Waals surface area contributed by atoms with Crippen LogP contribution in [-0.4, -0.2) is 46.9 Å². The molecule has 0 aliphatic heterocycles. The Balaban J connectivity index is 4.68. The largest absolute Gasteiger partial charge is 0.462 e. The molecule has 0 bridgehead atoms. The Bertz CT molecular complexity index is 1040. The molecule has 60 heavy (non-hydrogen) atoms. The SMILES string of the molecule is CCCCCCC/C=C/C=C/C=C/CCCCCC(CC(=O)NC(CO)C(O)CCCCCCCCCCCCCC)OC(=O)CCCCC/C=C\CCCCCCCC. The van der Waals surface area contributed by atoms with Crippen LogP contribution >= 0.6 is 0 Å². The lowest BCUT2D eigenvalue weighted by Gasteiger charge is -2.24. The average molecular weight is 842 g/mol. The quantitative estimate of drug-likeness (QED) is 0.0246. The fourth-order valence-electron chi connectivity index (χ4n) is 7.72. The second-order valence-corrected chi connectivity index (χ2v) is 17.6. The Morgan fingerprint density at radius 2 is 0.867 bits per heavy atom. The van der Waals surface area contributed by atoms with Crippen molar-refractivity contribution in [3.05, 3.63) is 48.6 Å². The van der Waals surface area contributed by atoms with Crippen molar-refractivity contribution in [1.29, 1.82) is 0 Å². The summed E-state index contributed by atoms with van der Waals surface area (Å²) in [5.74, 6) is -0.522. The third-order valence-electron chi connectivity index (χ3n) is 11.7. The van der Waals surface area contributed by atoms with Gasteiger partial charge in [0.25, 0.3) is 0 Å². The minimum Gasteiger partial charge on any atom is -0.462 e. The van der Waals surface area contributed by atoms with Crippen molar-refractivity contribution in [3.63, 3.8) is 0 Å². The zero-order valence-corrected chi connectivity index (χ0v) is 39.8. The van der Waals surface area contributed by atoms with E-state index < -0.39 is 18.2 Å². The van der Waals surface area contributed by atoms with Gasteiger partial charge >= 0.3 is 5.97 Å². The second-order valence-electron chi connectivity index (χ2n) is 17.6. The molecule has 0 aromatic carbocycles. The number of allylic oxidation sites excluding steroid dienone is 8. The van der Waals surface area contributed by atoms with Crippen LogP contribution in [0.15, 0.2) is 48.6 Å². The summed E-state index contributed by atoms with van der Waals surface area (Å²) in [6.07, 6.45) is 57.4. The molecule has 3 atom stereocenters. The third kappa shape index (κ3) is 42.5. The molecule has 0 aliphatic rings. The topological polar surface area (TPSA) is 95.9 Å². The zero-order chi connectivity index (χ0) is 43.8. The molecule has 1 amide bonds. The van der Waals surface area contributed by atoms with Crippen molar-refractivity contribution in [2.24, 2.45) is 0 Å². The fraction of sp³-hybridized carbons (Fsp3) is 0.815. The second kappa shape index (κ2) is 47.9. The molecular weight excluding hydrogens is 743 g/mol. The molecule has 0 saturated heterocycles. The Labute approximate surface area is 372 Å². The number of rotatable bonds is 46. The van der Waals surface area contributed by atoms with Gasteiger partial charge < -0.3 is 20.3 Å². The summed E-state index contributed by atoms with van der Waals surface area (Å²) < 4.78 is 5.91. The number of aliphatic hydroxyl groups excluding tert-OH is 2. The third-order valence-corrected chi connectivity index (χ3v) is 11.7. The number of unbranched alkanes of at least 4 members (excludes halogenated alkanes) is 28. The van der Waals surface area contributed by atoms with Crippen molar-refractivity contribution in [2.45, 2.75) is 277 Å². The summed E-state index contributed by atoms with van der Waals surface area (Å²) >= 11 is 0. The highest BCUT2D eigenvalue weighted by Gasteiger charge is 2.24. The average Bonchev–Trinajstić information content (AvgIpc) is 3.24. The summed E-state index contributed by atoms with van der Waals surface area (Å²) in [7, 11) is 0. The van der Waals surface area contributed by atoms with Crippen LogP contribution in [0.1, 0.15) is 258 Å². The maximum atomic E-state index is 13.2.